The highest BCUT2D eigenvalue weighted by Gasteiger charge is 2.03. The summed E-state index contributed by atoms with van der Waals surface area (Å²) in [7, 11) is 0. The molecule has 0 atom stereocenters. The lowest BCUT2D eigenvalue weighted by atomic mass is 10.1. The van der Waals surface area contributed by atoms with Crippen LogP contribution in [0, 0.1) is 0 Å². The summed E-state index contributed by atoms with van der Waals surface area (Å²) in [4.78, 5) is 2.54. The Morgan fingerprint density at radius 2 is 1.71 bits per heavy atom. The van der Waals surface area contributed by atoms with E-state index in [0.29, 0.717) is 6.54 Å². The Morgan fingerprint density at radius 3 is 2.41 bits per heavy atom. The second-order valence-corrected chi connectivity index (χ2v) is 5.73. The van der Waals surface area contributed by atoms with E-state index in [1.807, 2.05) is 0 Å². The molecule has 0 unspecified atom stereocenters. The number of hydrogen-bond acceptors (Lipinski definition) is 2. The third kappa shape index (κ3) is 3.60. The Hall–Kier alpha value is -0.770. The number of benzene rings is 2. The van der Waals surface area contributed by atoms with Crippen LogP contribution in [0.3, 0.4) is 0 Å². The van der Waals surface area contributed by atoms with Crippen LogP contribution in [0.25, 0.3) is 0 Å². The zero-order valence-corrected chi connectivity index (χ0v) is 11.8. The molecule has 2 aromatic rings. The molecule has 3 heteroatoms. The molecule has 0 heterocycles. The van der Waals surface area contributed by atoms with Crippen molar-refractivity contribution in [2.75, 3.05) is 6.54 Å². The normalized spacial score (nSPS) is 10.5. The largest absolute Gasteiger partial charge is 0.330 e. The predicted octanol–water partition coefficient (Wildman–Crippen LogP) is 4.10. The molecule has 0 saturated carbocycles. The molecule has 88 valence electrons. The SMILES string of the molecule is NCCc1ccccc1Sc1ccc(Br)cc1. The lowest BCUT2D eigenvalue weighted by Gasteiger charge is -2.08. The average molecular weight is 308 g/mol. The maximum Gasteiger partial charge on any atom is 0.0176 e. The van der Waals surface area contributed by atoms with Gasteiger partial charge in [0.1, 0.15) is 0 Å². The van der Waals surface area contributed by atoms with Gasteiger partial charge >= 0.3 is 0 Å². The molecule has 2 aromatic carbocycles. The van der Waals surface area contributed by atoms with Crippen molar-refractivity contribution in [3.8, 4) is 0 Å². The van der Waals surface area contributed by atoms with Crippen LogP contribution in [-0.2, 0) is 6.42 Å². The van der Waals surface area contributed by atoms with Gasteiger partial charge in [0.2, 0.25) is 0 Å². The van der Waals surface area contributed by atoms with Crippen molar-refractivity contribution in [2.45, 2.75) is 16.2 Å². The van der Waals surface area contributed by atoms with Crippen molar-refractivity contribution >= 4 is 27.7 Å². The van der Waals surface area contributed by atoms with E-state index in [2.05, 4.69) is 64.5 Å². The van der Waals surface area contributed by atoms with Crippen LogP contribution in [-0.4, -0.2) is 6.54 Å². The highest BCUT2D eigenvalue weighted by atomic mass is 79.9. The molecule has 0 aromatic heterocycles. The molecule has 0 bridgehead atoms. The van der Waals surface area contributed by atoms with Gasteiger partial charge in [-0.25, -0.2) is 0 Å². The zero-order valence-electron chi connectivity index (χ0n) is 9.40. The van der Waals surface area contributed by atoms with Crippen LogP contribution in [0.5, 0.6) is 0 Å². The van der Waals surface area contributed by atoms with Crippen molar-refractivity contribution < 1.29 is 0 Å². The van der Waals surface area contributed by atoms with Gasteiger partial charge in [-0.15, -0.1) is 0 Å². The van der Waals surface area contributed by atoms with Crippen LogP contribution in [0.1, 0.15) is 5.56 Å². The number of halogens is 1. The molecule has 0 spiro atoms. The van der Waals surface area contributed by atoms with Crippen molar-refractivity contribution in [3.05, 3.63) is 58.6 Å². The molecule has 0 aliphatic heterocycles. The molecular formula is C14H14BrNS. The van der Waals surface area contributed by atoms with Gasteiger partial charge in [0.05, 0.1) is 0 Å². The Labute approximate surface area is 115 Å². The van der Waals surface area contributed by atoms with Crippen LogP contribution in [0.15, 0.2) is 62.8 Å². The lowest BCUT2D eigenvalue weighted by Crippen LogP contribution is -2.03. The van der Waals surface area contributed by atoms with Crippen LogP contribution in [0.2, 0.25) is 0 Å². The standard InChI is InChI=1S/C14H14BrNS/c15-12-5-7-13(8-6-12)17-14-4-2-1-3-11(14)9-10-16/h1-8H,9-10,16H2. The third-order valence-electron chi connectivity index (χ3n) is 2.43. The molecule has 0 radical (unpaired) electrons. The highest BCUT2D eigenvalue weighted by molar-refractivity contribution is 9.10. The number of rotatable bonds is 4. The summed E-state index contributed by atoms with van der Waals surface area (Å²) in [5.41, 5.74) is 6.95. The minimum absolute atomic E-state index is 0.692. The van der Waals surface area contributed by atoms with Gasteiger partial charge in [-0.1, -0.05) is 45.9 Å². The lowest BCUT2D eigenvalue weighted by molar-refractivity contribution is 0.944. The first-order chi connectivity index (χ1) is 8.29. The fourth-order valence-corrected chi connectivity index (χ4v) is 2.83. The highest BCUT2D eigenvalue weighted by Crippen LogP contribution is 2.31. The summed E-state index contributed by atoms with van der Waals surface area (Å²) in [6, 6.07) is 16.8. The number of hydrogen-bond donors (Lipinski definition) is 1. The van der Waals surface area contributed by atoms with E-state index >= 15 is 0 Å². The van der Waals surface area contributed by atoms with Crippen molar-refractivity contribution in [1.82, 2.24) is 0 Å². The van der Waals surface area contributed by atoms with Crippen LogP contribution >= 0.6 is 27.7 Å². The molecule has 0 aliphatic rings. The molecule has 0 aliphatic carbocycles. The van der Waals surface area contributed by atoms with Gasteiger partial charge in [-0.05, 0) is 48.9 Å². The van der Waals surface area contributed by atoms with E-state index in [1.54, 1.807) is 11.8 Å². The first-order valence-corrected chi connectivity index (χ1v) is 7.12. The van der Waals surface area contributed by atoms with E-state index in [0.717, 1.165) is 10.9 Å². The van der Waals surface area contributed by atoms with Crippen molar-refractivity contribution in [2.24, 2.45) is 5.73 Å². The topological polar surface area (TPSA) is 26.0 Å². The molecule has 0 saturated heterocycles. The second-order valence-electron chi connectivity index (χ2n) is 3.70. The van der Waals surface area contributed by atoms with E-state index in [9.17, 15) is 0 Å². The third-order valence-corrected chi connectivity index (χ3v) is 4.08. The fraction of sp³-hybridized carbons (Fsp3) is 0.143. The molecule has 1 nitrogen and oxygen atoms in total. The van der Waals surface area contributed by atoms with E-state index in [-0.39, 0.29) is 0 Å². The van der Waals surface area contributed by atoms with Gasteiger partial charge in [0.25, 0.3) is 0 Å². The van der Waals surface area contributed by atoms with E-state index in [1.165, 1.54) is 15.4 Å². The minimum atomic E-state index is 0.692. The first kappa shape index (κ1) is 12.7. The van der Waals surface area contributed by atoms with Crippen molar-refractivity contribution in [3.63, 3.8) is 0 Å². The second kappa shape index (κ2) is 6.24. The molecule has 0 fully saturated rings. The smallest absolute Gasteiger partial charge is 0.0176 e. The van der Waals surface area contributed by atoms with Crippen molar-refractivity contribution in [1.29, 1.82) is 0 Å². The monoisotopic (exact) mass is 307 g/mol. The van der Waals surface area contributed by atoms with Gasteiger partial charge in [0, 0.05) is 14.3 Å². The summed E-state index contributed by atoms with van der Waals surface area (Å²) in [6.07, 6.45) is 0.930. The Balaban J connectivity index is 2.20. The fourth-order valence-electron chi connectivity index (χ4n) is 1.60. The number of nitrogens with two attached hydrogens (primary N) is 1. The Morgan fingerprint density at radius 1 is 1.00 bits per heavy atom. The van der Waals surface area contributed by atoms with Gasteiger partial charge < -0.3 is 5.73 Å². The van der Waals surface area contributed by atoms with Gasteiger partial charge in [0.15, 0.2) is 0 Å². The van der Waals surface area contributed by atoms with Gasteiger partial charge in [-0.3, -0.25) is 0 Å². The summed E-state index contributed by atoms with van der Waals surface area (Å²) in [6.45, 7) is 0.692. The zero-order chi connectivity index (χ0) is 12.1. The molecule has 2 rings (SSSR count). The summed E-state index contributed by atoms with van der Waals surface area (Å²) in [5, 5.41) is 0. The summed E-state index contributed by atoms with van der Waals surface area (Å²) >= 11 is 5.23. The average Bonchev–Trinajstić information content (AvgIpc) is 2.35. The van der Waals surface area contributed by atoms with Crippen LogP contribution < -0.4 is 5.73 Å². The quantitative estimate of drug-likeness (QED) is 0.920. The Kier molecular flexibility index (Phi) is 4.66. The minimum Gasteiger partial charge on any atom is -0.330 e. The summed E-state index contributed by atoms with van der Waals surface area (Å²) < 4.78 is 1.11. The predicted molar refractivity (Wildman–Crippen MR) is 77.5 cm³/mol. The maximum atomic E-state index is 5.63. The van der Waals surface area contributed by atoms with Gasteiger partial charge in [-0.2, -0.15) is 0 Å². The molecule has 17 heavy (non-hydrogen) atoms. The molecule has 2 N–H and O–H groups in total. The maximum absolute atomic E-state index is 5.63. The molecule has 0 amide bonds. The summed E-state index contributed by atoms with van der Waals surface area (Å²) in [5.74, 6) is 0. The molecular weight excluding hydrogens is 294 g/mol. The first-order valence-electron chi connectivity index (χ1n) is 5.51. The Bertz CT molecular complexity index is 482. The van der Waals surface area contributed by atoms with E-state index in [4.69, 9.17) is 5.73 Å². The van der Waals surface area contributed by atoms with Crippen LogP contribution in [0.4, 0.5) is 0 Å². The van der Waals surface area contributed by atoms with E-state index < -0.39 is 0 Å².